The zero-order valence-electron chi connectivity index (χ0n) is 8.58. The number of carbonyl (C=O) groups is 1. The molecule has 3 N–H and O–H groups in total. The summed E-state index contributed by atoms with van der Waals surface area (Å²) in [7, 11) is 0. The fourth-order valence-electron chi connectivity index (χ4n) is 1.85. The summed E-state index contributed by atoms with van der Waals surface area (Å²) in [4.78, 5) is 11.3. The van der Waals surface area contributed by atoms with Crippen LogP contribution in [0.1, 0.15) is 18.9 Å². The second-order valence-corrected chi connectivity index (χ2v) is 4.01. The Morgan fingerprint density at radius 1 is 1.47 bits per heavy atom. The van der Waals surface area contributed by atoms with Crippen LogP contribution in [0.4, 0.5) is 4.79 Å². The van der Waals surface area contributed by atoms with Crippen molar-refractivity contribution in [1.29, 1.82) is 0 Å². The van der Waals surface area contributed by atoms with Crippen LogP contribution in [0.25, 0.3) is 0 Å². The molecule has 1 atom stereocenters. The van der Waals surface area contributed by atoms with Crippen molar-refractivity contribution in [3.63, 3.8) is 0 Å². The molecule has 0 saturated carbocycles. The van der Waals surface area contributed by atoms with Crippen molar-refractivity contribution < 1.29 is 9.90 Å². The minimum atomic E-state index is -0.388. The fourth-order valence-corrected chi connectivity index (χ4v) is 1.85. The SMILES string of the molecule is CC1(c2cccc(O)c2)CCNC(=O)N1. The summed E-state index contributed by atoms with van der Waals surface area (Å²) in [6, 6.07) is 6.84. The molecule has 1 aromatic rings. The molecule has 1 aliphatic rings. The predicted octanol–water partition coefficient (Wildman–Crippen LogP) is 1.31. The number of nitrogens with one attached hydrogen (secondary N) is 2. The molecule has 0 radical (unpaired) electrons. The maximum absolute atomic E-state index is 11.3. The molecule has 80 valence electrons. The van der Waals surface area contributed by atoms with Crippen molar-refractivity contribution in [2.24, 2.45) is 0 Å². The van der Waals surface area contributed by atoms with Gasteiger partial charge in [0.15, 0.2) is 0 Å². The molecule has 1 unspecified atom stereocenters. The first kappa shape index (κ1) is 9.83. The smallest absolute Gasteiger partial charge is 0.315 e. The van der Waals surface area contributed by atoms with Gasteiger partial charge in [-0.2, -0.15) is 0 Å². The Hall–Kier alpha value is -1.71. The third-order valence-corrected chi connectivity index (χ3v) is 2.78. The van der Waals surface area contributed by atoms with E-state index < -0.39 is 0 Å². The summed E-state index contributed by atoms with van der Waals surface area (Å²) >= 11 is 0. The van der Waals surface area contributed by atoms with Crippen molar-refractivity contribution in [1.82, 2.24) is 10.6 Å². The molecule has 1 saturated heterocycles. The molecule has 2 rings (SSSR count). The number of aromatic hydroxyl groups is 1. The van der Waals surface area contributed by atoms with Gasteiger partial charge >= 0.3 is 6.03 Å². The molecule has 1 heterocycles. The lowest BCUT2D eigenvalue weighted by Gasteiger charge is -2.35. The van der Waals surface area contributed by atoms with Gasteiger partial charge in [0.05, 0.1) is 5.54 Å². The van der Waals surface area contributed by atoms with Gasteiger partial charge in [0, 0.05) is 6.54 Å². The molecule has 0 aromatic heterocycles. The van der Waals surface area contributed by atoms with E-state index >= 15 is 0 Å². The first-order chi connectivity index (χ1) is 7.10. The standard InChI is InChI=1S/C11H14N2O2/c1-11(5-6-12-10(15)13-11)8-3-2-4-9(14)7-8/h2-4,7,14H,5-6H2,1H3,(H2,12,13,15). The Morgan fingerprint density at radius 2 is 2.27 bits per heavy atom. The summed E-state index contributed by atoms with van der Waals surface area (Å²) in [6.07, 6.45) is 0.808. The molecule has 1 aliphatic heterocycles. The maximum Gasteiger partial charge on any atom is 0.315 e. The van der Waals surface area contributed by atoms with E-state index in [1.54, 1.807) is 18.2 Å². The third kappa shape index (κ3) is 1.88. The number of hydrogen-bond acceptors (Lipinski definition) is 2. The van der Waals surface area contributed by atoms with Crippen LogP contribution >= 0.6 is 0 Å². The van der Waals surface area contributed by atoms with E-state index in [-0.39, 0.29) is 17.3 Å². The highest BCUT2D eigenvalue weighted by Crippen LogP contribution is 2.28. The van der Waals surface area contributed by atoms with Crippen LogP contribution in [-0.4, -0.2) is 17.7 Å². The average Bonchev–Trinajstić information content (AvgIpc) is 2.17. The minimum Gasteiger partial charge on any atom is -0.508 e. The molecule has 2 amide bonds. The number of rotatable bonds is 1. The van der Waals surface area contributed by atoms with Crippen LogP contribution in [0.5, 0.6) is 5.75 Å². The van der Waals surface area contributed by atoms with E-state index in [0.717, 1.165) is 12.0 Å². The van der Waals surface area contributed by atoms with Crippen LogP contribution in [0.15, 0.2) is 24.3 Å². The van der Waals surface area contributed by atoms with Crippen LogP contribution < -0.4 is 10.6 Å². The van der Waals surface area contributed by atoms with Gasteiger partial charge in [0.25, 0.3) is 0 Å². The van der Waals surface area contributed by atoms with Crippen LogP contribution in [0, 0.1) is 0 Å². The van der Waals surface area contributed by atoms with E-state index in [1.807, 2.05) is 13.0 Å². The van der Waals surface area contributed by atoms with E-state index in [0.29, 0.717) is 6.54 Å². The molecule has 0 bridgehead atoms. The zero-order chi connectivity index (χ0) is 10.9. The molecule has 0 aliphatic carbocycles. The van der Waals surface area contributed by atoms with Gasteiger partial charge in [-0.15, -0.1) is 0 Å². The molecular formula is C11H14N2O2. The quantitative estimate of drug-likeness (QED) is 0.648. The lowest BCUT2D eigenvalue weighted by Crippen LogP contribution is -2.54. The van der Waals surface area contributed by atoms with Crippen molar-refractivity contribution in [3.8, 4) is 5.75 Å². The van der Waals surface area contributed by atoms with Gasteiger partial charge in [0.1, 0.15) is 5.75 Å². The van der Waals surface area contributed by atoms with E-state index in [4.69, 9.17) is 0 Å². The van der Waals surface area contributed by atoms with E-state index in [1.165, 1.54) is 0 Å². The highest BCUT2D eigenvalue weighted by molar-refractivity contribution is 5.76. The van der Waals surface area contributed by atoms with Gasteiger partial charge in [-0.25, -0.2) is 4.79 Å². The van der Waals surface area contributed by atoms with Gasteiger partial charge in [0.2, 0.25) is 0 Å². The Kier molecular flexibility index (Phi) is 2.26. The molecule has 15 heavy (non-hydrogen) atoms. The van der Waals surface area contributed by atoms with Gasteiger partial charge in [-0.3, -0.25) is 0 Å². The van der Waals surface area contributed by atoms with Gasteiger partial charge < -0.3 is 15.7 Å². The largest absolute Gasteiger partial charge is 0.508 e. The first-order valence-corrected chi connectivity index (χ1v) is 4.96. The summed E-state index contributed by atoms with van der Waals surface area (Å²) in [5.41, 5.74) is 0.540. The Labute approximate surface area is 88.3 Å². The Morgan fingerprint density at radius 3 is 2.93 bits per heavy atom. The normalized spacial score (nSPS) is 25.5. The maximum atomic E-state index is 11.3. The van der Waals surface area contributed by atoms with Crippen LogP contribution in [0.2, 0.25) is 0 Å². The number of benzene rings is 1. The third-order valence-electron chi connectivity index (χ3n) is 2.78. The van der Waals surface area contributed by atoms with Crippen molar-refractivity contribution in [2.45, 2.75) is 18.9 Å². The number of urea groups is 1. The van der Waals surface area contributed by atoms with Crippen molar-refractivity contribution >= 4 is 6.03 Å². The molecule has 1 aromatic carbocycles. The van der Waals surface area contributed by atoms with Crippen molar-refractivity contribution in [3.05, 3.63) is 29.8 Å². The number of phenolic OH excluding ortho intramolecular Hbond substituents is 1. The van der Waals surface area contributed by atoms with E-state index in [2.05, 4.69) is 10.6 Å². The minimum absolute atomic E-state index is 0.160. The molecular weight excluding hydrogens is 192 g/mol. The summed E-state index contributed by atoms with van der Waals surface area (Å²) in [5, 5.41) is 15.0. The number of phenols is 1. The second kappa shape index (κ2) is 3.46. The predicted molar refractivity (Wildman–Crippen MR) is 56.6 cm³/mol. The molecule has 4 nitrogen and oxygen atoms in total. The first-order valence-electron chi connectivity index (χ1n) is 4.96. The van der Waals surface area contributed by atoms with Gasteiger partial charge in [-0.1, -0.05) is 12.1 Å². The lowest BCUT2D eigenvalue weighted by molar-refractivity contribution is 0.211. The number of hydrogen-bond donors (Lipinski definition) is 3. The summed E-state index contributed by atoms with van der Waals surface area (Å²) in [5.74, 6) is 0.224. The number of carbonyl (C=O) groups excluding carboxylic acids is 1. The summed E-state index contributed by atoms with van der Waals surface area (Å²) < 4.78 is 0. The van der Waals surface area contributed by atoms with Crippen LogP contribution in [0.3, 0.4) is 0 Å². The Bertz CT molecular complexity index is 392. The molecule has 1 fully saturated rings. The van der Waals surface area contributed by atoms with Crippen molar-refractivity contribution in [2.75, 3.05) is 6.54 Å². The highest BCUT2D eigenvalue weighted by Gasteiger charge is 2.31. The Balaban J connectivity index is 2.32. The molecule has 0 spiro atoms. The zero-order valence-corrected chi connectivity index (χ0v) is 8.58. The summed E-state index contributed by atoms with van der Waals surface area (Å²) in [6.45, 7) is 2.61. The highest BCUT2D eigenvalue weighted by atomic mass is 16.3. The second-order valence-electron chi connectivity index (χ2n) is 4.01. The van der Waals surface area contributed by atoms with Gasteiger partial charge in [-0.05, 0) is 31.0 Å². The van der Waals surface area contributed by atoms with Crippen LogP contribution in [-0.2, 0) is 5.54 Å². The molecule has 4 heteroatoms. The lowest BCUT2D eigenvalue weighted by atomic mass is 9.87. The monoisotopic (exact) mass is 206 g/mol. The van der Waals surface area contributed by atoms with E-state index in [9.17, 15) is 9.90 Å². The fraction of sp³-hybridized carbons (Fsp3) is 0.364. The average molecular weight is 206 g/mol. The number of amides is 2. The topological polar surface area (TPSA) is 61.4 Å².